The molecule has 20 heavy (non-hydrogen) atoms. The van der Waals surface area contributed by atoms with E-state index < -0.39 is 9.84 Å². The maximum absolute atomic E-state index is 11.2. The summed E-state index contributed by atoms with van der Waals surface area (Å²) in [6.07, 6.45) is 1.28. The highest BCUT2D eigenvalue weighted by atomic mass is 32.2. The quantitative estimate of drug-likeness (QED) is 0.792. The fourth-order valence-electron chi connectivity index (χ4n) is 2.06. The molecule has 0 aliphatic carbocycles. The normalized spacial score (nSPS) is 13.7. The number of nitrogens with one attached hydrogen (secondary N) is 1. The highest BCUT2D eigenvalue weighted by Gasteiger charge is 2.14. The van der Waals surface area contributed by atoms with Crippen LogP contribution in [0.15, 0.2) is 24.3 Å². The first kappa shape index (κ1) is 17.1. The molecule has 1 rings (SSSR count). The van der Waals surface area contributed by atoms with Gasteiger partial charge in [0, 0.05) is 25.4 Å². The molecule has 0 heterocycles. The molecule has 0 bridgehead atoms. The molecule has 0 fully saturated rings. The van der Waals surface area contributed by atoms with E-state index in [1.807, 2.05) is 7.05 Å². The van der Waals surface area contributed by atoms with Crippen LogP contribution >= 0.6 is 0 Å². The predicted octanol–water partition coefficient (Wildman–Crippen LogP) is 1.62. The molecule has 0 saturated carbocycles. The van der Waals surface area contributed by atoms with Crippen LogP contribution in [0.2, 0.25) is 0 Å². The first-order valence-corrected chi connectivity index (χ1v) is 9.04. The molecule has 0 aromatic heterocycles. The van der Waals surface area contributed by atoms with E-state index in [9.17, 15) is 8.42 Å². The number of hydrogen-bond acceptors (Lipinski definition) is 4. The van der Waals surface area contributed by atoms with E-state index in [-0.39, 0.29) is 11.8 Å². The fraction of sp³-hybridized carbons (Fsp3) is 0.600. The van der Waals surface area contributed by atoms with Crippen LogP contribution in [0.25, 0.3) is 0 Å². The second-order valence-electron chi connectivity index (χ2n) is 5.41. The molecule has 4 nitrogen and oxygen atoms in total. The van der Waals surface area contributed by atoms with Crippen LogP contribution in [-0.2, 0) is 9.84 Å². The van der Waals surface area contributed by atoms with Crippen molar-refractivity contribution in [1.29, 1.82) is 0 Å². The lowest BCUT2D eigenvalue weighted by Crippen LogP contribution is -2.35. The number of sulfone groups is 1. The van der Waals surface area contributed by atoms with Gasteiger partial charge in [0.2, 0.25) is 0 Å². The summed E-state index contributed by atoms with van der Waals surface area (Å²) in [6.45, 7) is 6.40. The Morgan fingerprint density at radius 3 is 2.35 bits per heavy atom. The summed E-state index contributed by atoms with van der Waals surface area (Å²) in [5.74, 6) is 0.205. The molecular formula is C15H26N2O2S. The smallest absolute Gasteiger partial charge is 0.148 e. The average Bonchev–Trinajstić information content (AvgIpc) is 2.36. The Kier molecular flexibility index (Phi) is 6.65. The van der Waals surface area contributed by atoms with Crippen molar-refractivity contribution in [3.63, 3.8) is 0 Å². The molecule has 1 unspecified atom stereocenters. The zero-order chi connectivity index (χ0) is 15.2. The zero-order valence-electron chi connectivity index (χ0n) is 12.9. The van der Waals surface area contributed by atoms with E-state index in [0.717, 1.165) is 13.1 Å². The Morgan fingerprint density at radius 1 is 1.25 bits per heavy atom. The molecule has 1 atom stereocenters. The van der Waals surface area contributed by atoms with Gasteiger partial charge in [-0.05, 0) is 26.1 Å². The second-order valence-corrected chi connectivity index (χ2v) is 7.67. The largest absolute Gasteiger partial charge is 0.309 e. The van der Waals surface area contributed by atoms with Crippen LogP contribution in [0.1, 0.15) is 24.1 Å². The Balaban J connectivity index is 2.64. The molecular weight excluding hydrogens is 272 g/mol. The fourth-order valence-corrected chi connectivity index (χ4v) is 2.70. The van der Waals surface area contributed by atoms with E-state index in [4.69, 9.17) is 0 Å². The minimum atomic E-state index is -2.90. The van der Waals surface area contributed by atoms with Gasteiger partial charge in [-0.25, -0.2) is 8.42 Å². The van der Waals surface area contributed by atoms with E-state index in [0.29, 0.717) is 6.54 Å². The van der Waals surface area contributed by atoms with Gasteiger partial charge in [0.15, 0.2) is 0 Å². The van der Waals surface area contributed by atoms with Gasteiger partial charge >= 0.3 is 0 Å². The Hall–Kier alpha value is -0.910. The van der Waals surface area contributed by atoms with E-state index in [1.165, 1.54) is 17.4 Å². The van der Waals surface area contributed by atoms with Crippen LogP contribution < -0.4 is 5.32 Å². The zero-order valence-corrected chi connectivity index (χ0v) is 13.7. The van der Waals surface area contributed by atoms with Crippen molar-refractivity contribution in [2.24, 2.45) is 0 Å². The van der Waals surface area contributed by atoms with Crippen LogP contribution in [0, 0.1) is 6.92 Å². The minimum Gasteiger partial charge on any atom is -0.309 e. The van der Waals surface area contributed by atoms with Gasteiger partial charge in [-0.15, -0.1) is 0 Å². The highest BCUT2D eigenvalue weighted by Crippen LogP contribution is 2.15. The maximum atomic E-state index is 11.2. The summed E-state index contributed by atoms with van der Waals surface area (Å²) in [7, 11) is -0.938. The van der Waals surface area contributed by atoms with Crippen molar-refractivity contribution in [1.82, 2.24) is 10.2 Å². The number of benzene rings is 1. The number of likely N-dealkylation sites (N-methyl/N-ethyl adjacent to an activating group) is 2. The standard InChI is InChI=1S/C15H26N2O2S/c1-5-16-15(14-8-6-13(2)7-9-14)12-17(3)10-11-20(4,18)19/h6-9,15-16H,5,10-12H2,1-4H3. The highest BCUT2D eigenvalue weighted by molar-refractivity contribution is 7.90. The van der Waals surface area contributed by atoms with Gasteiger partial charge < -0.3 is 10.2 Å². The second kappa shape index (κ2) is 7.76. The van der Waals surface area contributed by atoms with E-state index >= 15 is 0 Å². The van der Waals surface area contributed by atoms with E-state index in [2.05, 4.69) is 48.3 Å². The predicted molar refractivity (Wildman–Crippen MR) is 84.8 cm³/mol. The van der Waals surface area contributed by atoms with Crippen LogP contribution in [0.3, 0.4) is 0 Å². The van der Waals surface area contributed by atoms with Crippen LogP contribution in [-0.4, -0.2) is 52.0 Å². The molecule has 0 spiro atoms. The molecule has 0 amide bonds. The van der Waals surface area contributed by atoms with Crippen molar-refractivity contribution in [3.8, 4) is 0 Å². The molecule has 114 valence electrons. The number of aryl methyl sites for hydroxylation is 1. The Bertz CT molecular complexity index is 497. The summed E-state index contributed by atoms with van der Waals surface area (Å²) < 4.78 is 22.4. The minimum absolute atomic E-state index is 0.205. The summed E-state index contributed by atoms with van der Waals surface area (Å²) in [6, 6.07) is 8.71. The van der Waals surface area contributed by atoms with Gasteiger partial charge in [0.1, 0.15) is 9.84 Å². The molecule has 1 aromatic carbocycles. The number of nitrogens with zero attached hydrogens (tertiary/aromatic N) is 1. The maximum Gasteiger partial charge on any atom is 0.148 e. The molecule has 0 aliphatic rings. The topological polar surface area (TPSA) is 49.4 Å². The first-order chi connectivity index (χ1) is 9.31. The van der Waals surface area contributed by atoms with Gasteiger partial charge in [0.25, 0.3) is 0 Å². The molecule has 0 saturated heterocycles. The lowest BCUT2D eigenvalue weighted by molar-refractivity contribution is 0.306. The van der Waals surface area contributed by atoms with Gasteiger partial charge in [0.05, 0.1) is 5.75 Å². The lowest BCUT2D eigenvalue weighted by Gasteiger charge is -2.25. The molecule has 0 radical (unpaired) electrons. The molecule has 1 aromatic rings. The molecule has 0 aliphatic heterocycles. The van der Waals surface area contributed by atoms with Crippen LogP contribution in [0.4, 0.5) is 0 Å². The van der Waals surface area contributed by atoms with Crippen molar-refractivity contribution < 1.29 is 8.42 Å². The van der Waals surface area contributed by atoms with Crippen LogP contribution in [0.5, 0.6) is 0 Å². The SMILES string of the molecule is CCNC(CN(C)CCS(C)(=O)=O)c1ccc(C)cc1. The summed E-state index contributed by atoms with van der Waals surface area (Å²) >= 11 is 0. The average molecular weight is 298 g/mol. The van der Waals surface area contributed by atoms with Gasteiger partial charge in [-0.3, -0.25) is 0 Å². The van der Waals surface area contributed by atoms with Gasteiger partial charge in [-0.1, -0.05) is 36.8 Å². The number of hydrogen-bond donors (Lipinski definition) is 1. The van der Waals surface area contributed by atoms with Gasteiger partial charge in [-0.2, -0.15) is 0 Å². The van der Waals surface area contributed by atoms with Crippen molar-refractivity contribution in [2.75, 3.05) is 38.7 Å². The summed E-state index contributed by atoms with van der Waals surface area (Å²) in [5.41, 5.74) is 2.48. The monoisotopic (exact) mass is 298 g/mol. The Morgan fingerprint density at radius 2 is 1.85 bits per heavy atom. The van der Waals surface area contributed by atoms with Crippen molar-refractivity contribution >= 4 is 9.84 Å². The molecule has 1 N–H and O–H groups in total. The lowest BCUT2D eigenvalue weighted by atomic mass is 10.0. The third kappa shape index (κ3) is 6.50. The van der Waals surface area contributed by atoms with E-state index in [1.54, 1.807) is 0 Å². The summed E-state index contributed by atoms with van der Waals surface area (Å²) in [5, 5.41) is 3.46. The first-order valence-electron chi connectivity index (χ1n) is 6.98. The summed E-state index contributed by atoms with van der Waals surface area (Å²) in [4.78, 5) is 2.06. The molecule has 5 heteroatoms. The Labute approximate surface area is 123 Å². The van der Waals surface area contributed by atoms with Crippen molar-refractivity contribution in [3.05, 3.63) is 35.4 Å². The van der Waals surface area contributed by atoms with Crippen molar-refractivity contribution in [2.45, 2.75) is 19.9 Å². The third-order valence-electron chi connectivity index (χ3n) is 3.27. The third-order valence-corrected chi connectivity index (χ3v) is 4.19. The number of rotatable bonds is 8.